The number of halogens is 1. The maximum atomic E-state index is 14.4. The van der Waals surface area contributed by atoms with Gasteiger partial charge in [0.05, 0.1) is 24.2 Å². The molecule has 4 rings (SSSR count). The van der Waals surface area contributed by atoms with Crippen LogP contribution in [0.15, 0.2) is 48.8 Å². The van der Waals surface area contributed by atoms with Crippen LogP contribution in [0.5, 0.6) is 5.75 Å². The second kappa shape index (κ2) is 9.66. The molecule has 0 bridgehead atoms. The number of benzene rings is 2. The van der Waals surface area contributed by atoms with Gasteiger partial charge in [-0.15, -0.1) is 0 Å². The fourth-order valence-corrected chi connectivity index (χ4v) is 3.60. The molecule has 0 fully saturated rings. The second-order valence-electron chi connectivity index (χ2n) is 7.34. The van der Waals surface area contributed by atoms with E-state index in [1.165, 1.54) is 19.2 Å². The molecular weight excluding hydrogens is 425 g/mol. The molecule has 0 radical (unpaired) electrons. The van der Waals surface area contributed by atoms with E-state index in [9.17, 15) is 14.3 Å². The highest BCUT2D eigenvalue weighted by atomic mass is 19.1. The van der Waals surface area contributed by atoms with Gasteiger partial charge in [0.1, 0.15) is 5.75 Å². The SMILES string of the molecule is CCC(=O)Nc1cc(Nc2nccc(-c3c[nH]c4c(CCO)cccc34)n2)c(OC)cc1F. The third kappa shape index (κ3) is 4.63. The molecule has 0 aliphatic rings. The number of aromatic nitrogens is 3. The molecule has 0 unspecified atom stereocenters. The Bertz CT molecular complexity index is 1300. The maximum Gasteiger partial charge on any atom is 0.227 e. The van der Waals surface area contributed by atoms with Crippen LogP contribution < -0.4 is 15.4 Å². The van der Waals surface area contributed by atoms with E-state index >= 15 is 0 Å². The van der Waals surface area contributed by atoms with Gasteiger partial charge in [-0.2, -0.15) is 0 Å². The number of rotatable bonds is 8. The first-order valence-electron chi connectivity index (χ1n) is 10.5. The summed E-state index contributed by atoms with van der Waals surface area (Å²) >= 11 is 0. The highest BCUT2D eigenvalue weighted by molar-refractivity contribution is 5.96. The maximum absolute atomic E-state index is 14.4. The first-order chi connectivity index (χ1) is 16.0. The highest BCUT2D eigenvalue weighted by Gasteiger charge is 2.15. The minimum Gasteiger partial charge on any atom is -0.494 e. The van der Waals surface area contributed by atoms with E-state index in [0.717, 1.165) is 22.0 Å². The Morgan fingerprint density at radius 1 is 1.24 bits per heavy atom. The molecule has 9 heteroatoms. The number of anilines is 3. The summed E-state index contributed by atoms with van der Waals surface area (Å²) < 4.78 is 19.7. The molecule has 0 atom stereocenters. The van der Waals surface area contributed by atoms with E-state index in [1.807, 2.05) is 24.4 Å². The van der Waals surface area contributed by atoms with Gasteiger partial charge in [0.25, 0.3) is 0 Å². The van der Waals surface area contributed by atoms with Gasteiger partial charge in [0.15, 0.2) is 5.82 Å². The lowest BCUT2D eigenvalue weighted by atomic mass is 10.1. The van der Waals surface area contributed by atoms with E-state index in [1.54, 1.807) is 19.2 Å². The molecule has 1 amide bonds. The number of nitrogens with zero attached hydrogens (tertiary/aromatic N) is 2. The van der Waals surface area contributed by atoms with Gasteiger partial charge in [-0.1, -0.05) is 25.1 Å². The molecule has 4 N–H and O–H groups in total. The summed E-state index contributed by atoms with van der Waals surface area (Å²) in [5.74, 6) is -0.378. The van der Waals surface area contributed by atoms with E-state index < -0.39 is 5.82 Å². The molecule has 0 saturated heterocycles. The number of hydrogen-bond acceptors (Lipinski definition) is 6. The lowest BCUT2D eigenvalue weighted by molar-refractivity contribution is -0.115. The topological polar surface area (TPSA) is 112 Å². The normalized spacial score (nSPS) is 10.9. The average Bonchev–Trinajstić information content (AvgIpc) is 3.26. The summed E-state index contributed by atoms with van der Waals surface area (Å²) in [5, 5.41) is 15.9. The molecule has 8 nitrogen and oxygen atoms in total. The molecule has 0 saturated carbocycles. The zero-order valence-corrected chi connectivity index (χ0v) is 18.3. The van der Waals surface area contributed by atoms with Crippen LogP contribution in [0.4, 0.5) is 21.7 Å². The van der Waals surface area contributed by atoms with Crippen molar-refractivity contribution in [2.75, 3.05) is 24.4 Å². The van der Waals surface area contributed by atoms with Gasteiger partial charge in [-0.25, -0.2) is 14.4 Å². The van der Waals surface area contributed by atoms with Gasteiger partial charge >= 0.3 is 0 Å². The number of aliphatic hydroxyl groups is 1. The van der Waals surface area contributed by atoms with Gasteiger partial charge < -0.3 is 25.5 Å². The van der Waals surface area contributed by atoms with Crippen LogP contribution in [0.25, 0.3) is 22.2 Å². The van der Waals surface area contributed by atoms with Crippen molar-refractivity contribution in [3.63, 3.8) is 0 Å². The Morgan fingerprint density at radius 2 is 2.09 bits per heavy atom. The summed E-state index contributed by atoms with van der Waals surface area (Å²) in [6.07, 6.45) is 4.27. The summed E-state index contributed by atoms with van der Waals surface area (Å²) in [6.45, 7) is 1.75. The number of amides is 1. The van der Waals surface area contributed by atoms with Crippen molar-refractivity contribution in [3.8, 4) is 17.0 Å². The van der Waals surface area contributed by atoms with Crippen LogP contribution >= 0.6 is 0 Å². The predicted octanol–water partition coefficient (Wildman–Crippen LogP) is 4.40. The van der Waals surface area contributed by atoms with Gasteiger partial charge in [-0.05, 0) is 24.1 Å². The first-order valence-corrected chi connectivity index (χ1v) is 10.5. The minimum atomic E-state index is -0.605. The van der Waals surface area contributed by atoms with Gasteiger partial charge in [-0.3, -0.25) is 4.79 Å². The second-order valence-corrected chi connectivity index (χ2v) is 7.34. The van der Waals surface area contributed by atoms with Crippen LogP contribution in [0.2, 0.25) is 0 Å². The smallest absolute Gasteiger partial charge is 0.227 e. The number of ether oxygens (including phenoxy) is 1. The Kier molecular flexibility index (Phi) is 6.50. The molecule has 0 aliphatic heterocycles. The molecule has 33 heavy (non-hydrogen) atoms. The van der Waals surface area contributed by atoms with Crippen LogP contribution in [0.1, 0.15) is 18.9 Å². The number of para-hydroxylation sites is 1. The Hall–Kier alpha value is -3.98. The van der Waals surface area contributed by atoms with E-state index in [0.29, 0.717) is 17.8 Å². The molecule has 0 spiro atoms. The Balaban J connectivity index is 1.68. The van der Waals surface area contributed by atoms with E-state index in [4.69, 9.17) is 4.74 Å². The zero-order valence-electron chi connectivity index (χ0n) is 18.3. The van der Waals surface area contributed by atoms with Crippen LogP contribution in [-0.4, -0.2) is 39.7 Å². The number of methoxy groups -OCH3 is 1. The lowest BCUT2D eigenvalue weighted by Gasteiger charge is -2.14. The Morgan fingerprint density at radius 3 is 2.85 bits per heavy atom. The number of carbonyl (C=O) groups is 1. The van der Waals surface area contributed by atoms with Crippen molar-refractivity contribution in [2.45, 2.75) is 19.8 Å². The van der Waals surface area contributed by atoms with Crippen molar-refractivity contribution in [3.05, 3.63) is 60.2 Å². The third-order valence-electron chi connectivity index (χ3n) is 5.25. The van der Waals surface area contributed by atoms with Crippen molar-refractivity contribution in [1.29, 1.82) is 0 Å². The van der Waals surface area contributed by atoms with Crippen molar-refractivity contribution >= 4 is 34.1 Å². The molecule has 0 aliphatic carbocycles. The van der Waals surface area contributed by atoms with Crippen molar-refractivity contribution in [2.24, 2.45) is 0 Å². The summed E-state index contributed by atoms with van der Waals surface area (Å²) in [7, 11) is 1.43. The number of fused-ring (bicyclic) bond motifs is 1. The fourth-order valence-electron chi connectivity index (χ4n) is 3.60. The number of H-pyrrole nitrogens is 1. The molecular formula is C24H24FN5O3. The van der Waals surface area contributed by atoms with Crippen molar-refractivity contribution < 1.29 is 19.0 Å². The highest BCUT2D eigenvalue weighted by Crippen LogP contribution is 2.34. The van der Waals surface area contributed by atoms with Crippen LogP contribution in [0.3, 0.4) is 0 Å². The summed E-state index contributed by atoms with van der Waals surface area (Å²) in [6, 6.07) is 10.3. The van der Waals surface area contributed by atoms with E-state index in [-0.39, 0.29) is 36.3 Å². The first kappa shape index (κ1) is 22.2. The summed E-state index contributed by atoms with van der Waals surface area (Å²) in [5.41, 5.74) is 3.98. The predicted molar refractivity (Wildman–Crippen MR) is 125 cm³/mol. The monoisotopic (exact) mass is 449 g/mol. The number of nitrogens with one attached hydrogen (secondary N) is 3. The number of hydrogen-bond donors (Lipinski definition) is 4. The number of aliphatic hydroxyl groups excluding tert-OH is 1. The van der Waals surface area contributed by atoms with Crippen LogP contribution in [0, 0.1) is 5.82 Å². The molecule has 4 aromatic rings. The molecule has 2 aromatic carbocycles. The number of aromatic amines is 1. The lowest BCUT2D eigenvalue weighted by Crippen LogP contribution is -2.11. The van der Waals surface area contributed by atoms with Gasteiger partial charge in [0, 0.05) is 48.0 Å². The fraction of sp³-hybridized carbons (Fsp3) is 0.208. The minimum absolute atomic E-state index is 0.0364. The third-order valence-corrected chi connectivity index (χ3v) is 5.25. The standard InChI is InChI=1S/C24H24FN5O3/c1-3-22(32)28-19-12-20(21(33-2)11-17(19)25)30-24-26-9-7-18(29-24)16-13-27-23-14(8-10-31)5-4-6-15(16)23/h4-7,9,11-13,27,31H,3,8,10H2,1-2H3,(H,28,32)(H,26,29,30). The zero-order chi connectivity index (χ0) is 23.4. The van der Waals surface area contributed by atoms with Crippen LogP contribution in [-0.2, 0) is 11.2 Å². The average molecular weight is 449 g/mol. The van der Waals surface area contributed by atoms with E-state index in [2.05, 4.69) is 25.6 Å². The molecule has 2 heterocycles. The molecule has 170 valence electrons. The largest absolute Gasteiger partial charge is 0.494 e. The number of carbonyl (C=O) groups excluding carboxylic acids is 1. The Labute approximate surface area is 189 Å². The van der Waals surface area contributed by atoms with Crippen molar-refractivity contribution in [1.82, 2.24) is 15.0 Å². The summed E-state index contributed by atoms with van der Waals surface area (Å²) in [4.78, 5) is 23.9. The van der Waals surface area contributed by atoms with Gasteiger partial charge in [0.2, 0.25) is 11.9 Å². The molecule has 2 aromatic heterocycles. The quantitative estimate of drug-likeness (QED) is 0.317.